The fraction of sp³-hybridized carbons (Fsp3) is 0.125. The Balaban J connectivity index is 2.58. The molecule has 2 heterocycles. The van der Waals surface area contributed by atoms with Gasteiger partial charge in [0, 0.05) is 25.0 Å². The summed E-state index contributed by atoms with van der Waals surface area (Å²) in [4.78, 5) is 12.4. The van der Waals surface area contributed by atoms with Gasteiger partial charge in [0.15, 0.2) is 5.82 Å². The van der Waals surface area contributed by atoms with Crippen LogP contribution in [0.2, 0.25) is 0 Å². The van der Waals surface area contributed by atoms with Crippen molar-refractivity contribution in [1.29, 1.82) is 0 Å². The van der Waals surface area contributed by atoms with Crippen molar-refractivity contribution in [3.8, 4) is 0 Å². The van der Waals surface area contributed by atoms with Crippen molar-refractivity contribution in [3.05, 3.63) is 18.3 Å². The molecular formula is C8H7N3. The molecule has 0 spiro atoms. The first-order chi connectivity index (χ1) is 5.47. The van der Waals surface area contributed by atoms with Crippen LogP contribution >= 0.6 is 0 Å². The first-order valence-electron chi connectivity index (χ1n) is 3.47. The lowest BCUT2D eigenvalue weighted by Gasteiger charge is -1.93. The minimum Gasteiger partial charge on any atom is -0.257 e. The van der Waals surface area contributed by atoms with Gasteiger partial charge < -0.3 is 0 Å². The molecule has 54 valence electrons. The number of fused-ring (bicyclic) bond motifs is 1. The van der Waals surface area contributed by atoms with E-state index in [1.54, 1.807) is 6.20 Å². The monoisotopic (exact) mass is 145 g/mol. The number of aromatic nitrogens is 1. The topological polar surface area (TPSA) is 37.6 Å². The highest BCUT2D eigenvalue weighted by Gasteiger charge is 1.99. The Kier molecular flexibility index (Phi) is 1.48. The SMILES string of the molecule is C1=Nc2cccnc2N=CC1. The van der Waals surface area contributed by atoms with Gasteiger partial charge in [-0.1, -0.05) is 0 Å². The highest BCUT2D eigenvalue weighted by Crippen LogP contribution is 2.24. The van der Waals surface area contributed by atoms with Gasteiger partial charge in [0.05, 0.1) is 0 Å². The van der Waals surface area contributed by atoms with Crippen LogP contribution < -0.4 is 0 Å². The quantitative estimate of drug-likeness (QED) is 0.549. The first-order valence-corrected chi connectivity index (χ1v) is 3.47. The smallest absolute Gasteiger partial charge is 0.177 e. The highest BCUT2D eigenvalue weighted by atomic mass is 14.9. The van der Waals surface area contributed by atoms with Crippen LogP contribution in [0.1, 0.15) is 6.42 Å². The zero-order valence-corrected chi connectivity index (χ0v) is 5.94. The lowest BCUT2D eigenvalue weighted by atomic mass is 10.4. The third kappa shape index (κ3) is 1.17. The van der Waals surface area contributed by atoms with Crippen LogP contribution in [0, 0.1) is 0 Å². The van der Waals surface area contributed by atoms with Crippen LogP contribution in [-0.2, 0) is 0 Å². The summed E-state index contributed by atoms with van der Waals surface area (Å²) in [5.74, 6) is 0.709. The Morgan fingerprint density at radius 3 is 3.09 bits per heavy atom. The van der Waals surface area contributed by atoms with Crippen molar-refractivity contribution < 1.29 is 0 Å². The third-order valence-corrected chi connectivity index (χ3v) is 1.42. The van der Waals surface area contributed by atoms with Crippen LogP contribution in [0.5, 0.6) is 0 Å². The van der Waals surface area contributed by atoms with E-state index >= 15 is 0 Å². The molecule has 2 rings (SSSR count). The van der Waals surface area contributed by atoms with E-state index in [0.29, 0.717) is 5.82 Å². The molecule has 0 fully saturated rings. The molecule has 0 atom stereocenters. The third-order valence-electron chi connectivity index (χ3n) is 1.42. The number of pyridine rings is 1. The zero-order valence-electron chi connectivity index (χ0n) is 5.94. The van der Waals surface area contributed by atoms with Gasteiger partial charge in [0.25, 0.3) is 0 Å². The normalized spacial score (nSPS) is 14.2. The van der Waals surface area contributed by atoms with E-state index in [1.807, 2.05) is 24.6 Å². The summed E-state index contributed by atoms with van der Waals surface area (Å²) in [6, 6.07) is 3.76. The Labute approximate surface area is 64.5 Å². The maximum atomic E-state index is 4.17. The average molecular weight is 145 g/mol. The minimum absolute atomic E-state index is 0.709. The number of nitrogens with zero attached hydrogens (tertiary/aromatic N) is 3. The summed E-state index contributed by atoms with van der Waals surface area (Å²) in [5.41, 5.74) is 0.848. The Hall–Kier alpha value is -1.51. The van der Waals surface area contributed by atoms with Crippen molar-refractivity contribution in [3.63, 3.8) is 0 Å². The molecule has 0 saturated carbocycles. The standard InChI is InChI=1S/C8H7N3/c1-3-7-8(10-4-1)11-6-2-5-9-7/h1,3-6H,2H2. The van der Waals surface area contributed by atoms with Gasteiger partial charge in [-0.15, -0.1) is 0 Å². The Bertz CT molecular complexity index is 284. The molecule has 0 radical (unpaired) electrons. The molecule has 0 aliphatic carbocycles. The van der Waals surface area contributed by atoms with Crippen LogP contribution in [0.25, 0.3) is 0 Å². The van der Waals surface area contributed by atoms with E-state index in [2.05, 4.69) is 15.0 Å². The maximum Gasteiger partial charge on any atom is 0.177 e. The van der Waals surface area contributed by atoms with E-state index < -0.39 is 0 Å². The first kappa shape index (κ1) is 6.22. The fourth-order valence-electron chi connectivity index (χ4n) is 0.926. The van der Waals surface area contributed by atoms with Crippen LogP contribution in [0.15, 0.2) is 28.3 Å². The van der Waals surface area contributed by atoms with E-state index in [1.165, 1.54) is 0 Å². The zero-order chi connectivity index (χ0) is 7.52. The van der Waals surface area contributed by atoms with Crippen molar-refractivity contribution in [2.75, 3.05) is 0 Å². The molecule has 3 nitrogen and oxygen atoms in total. The van der Waals surface area contributed by atoms with Crippen molar-refractivity contribution in [1.82, 2.24) is 4.98 Å². The summed E-state index contributed by atoms with van der Waals surface area (Å²) < 4.78 is 0. The van der Waals surface area contributed by atoms with Gasteiger partial charge in [-0.25, -0.2) is 9.98 Å². The lowest BCUT2D eigenvalue weighted by Crippen LogP contribution is -1.72. The molecule has 11 heavy (non-hydrogen) atoms. The molecule has 3 heteroatoms. The van der Waals surface area contributed by atoms with Crippen LogP contribution in [-0.4, -0.2) is 17.4 Å². The molecule has 1 aliphatic heterocycles. The average Bonchev–Trinajstić information content (AvgIpc) is 2.28. The predicted molar refractivity (Wildman–Crippen MR) is 45.2 cm³/mol. The molecule has 0 saturated heterocycles. The molecular weight excluding hydrogens is 138 g/mol. The van der Waals surface area contributed by atoms with E-state index in [0.717, 1.165) is 12.1 Å². The molecule has 0 unspecified atom stereocenters. The van der Waals surface area contributed by atoms with E-state index in [-0.39, 0.29) is 0 Å². The second-order valence-corrected chi connectivity index (χ2v) is 2.21. The second kappa shape index (κ2) is 2.62. The second-order valence-electron chi connectivity index (χ2n) is 2.21. The number of rotatable bonds is 0. The number of aliphatic imine (C=N–C) groups is 2. The Morgan fingerprint density at radius 1 is 1.18 bits per heavy atom. The van der Waals surface area contributed by atoms with Crippen molar-refractivity contribution >= 4 is 23.9 Å². The van der Waals surface area contributed by atoms with Crippen LogP contribution in [0.3, 0.4) is 0 Å². The predicted octanol–water partition coefficient (Wildman–Crippen LogP) is 1.89. The summed E-state index contributed by atoms with van der Waals surface area (Å²) in [7, 11) is 0. The largest absolute Gasteiger partial charge is 0.257 e. The molecule has 0 aromatic carbocycles. The molecule has 0 N–H and O–H groups in total. The van der Waals surface area contributed by atoms with Crippen molar-refractivity contribution in [2.24, 2.45) is 9.98 Å². The highest BCUT2D eigenvalue weighted by molar-refractivity contribution is 5.86. The van der Waals surface area contributed by atoms with Crippen molar-refractivity contribution in [2.45, 2.75) is 6.42 Å². The van der Waals surface area contributed by atoms with Gasteiger partial charge in [-0.05, 0) is 12.1 Å². The molecule has 1 aliphatic rings. The van der Waals surface area contributed by atoms with E-state index in [4.69, 9.17) is 0 Å². The molecule has 0 amide bonds. The number of hydrogen-bond acceptors (Lipinski definition) is 3. The Morgan fingerprint density at radius 2 is 2.09 bits per heavy atom. The number of hydrogen-bond donors (Lipinski definition) is 0. The summed E-state index contributed by atoms with van der Waals surface area (Å²) in [5, 5.41) is 0. The lowest BCUT2D eigenvalue weighted by molar-refractivity contribution is 1.27. The summed E-state index contributed by atoms with van der Waals surface area (Å²) >= 11 is 0. The summed E-state index contributed by atoms with van der Waals surface area (Å²) in [6.45, 7) is 0. The van der Waals surface area contributed by atoms with Gasteiger partial charge in [-0.3, -0.25) is 4.99 Å². The fourth-order valence-corrected chi connectivity index (χ4v) is 0.926. The van der Waals surface area contributed by atoms with Gasteiger partial charge >= 0.3 is 0 Å². The molecule has 1 aromatic rings. The minimum atomic E-state index is 0.709. The van der Waals surface area contributed by atoms with Gasteiger partial charge in [0.1, 0.15) is 5.69 Å². The van der Waals surface area contributed by atoms with E-state index in [9.17, 15) is 0 Å². The molecule has 1 aromatic heterocycles. The van der Waals surface area contributed by atoms with Crippen LogP contribution in [0.4, 0.5) is 11.5 Å². The molecule has 0 bridgehead atoms. The van der Waals surface area contributed by atoms with Gasteiger partial charge in [0.2, 0.25) is 0 Å². The summed E-state index contributed by atoms with van der Waals surface area (Å²) in [6.07, 6.45) is 6.15. The maximum absolute atomic E-state index is 4.17. The van der Waals surface area contributed by atoms with Gasteiger partial charge in [-0.2, -0.15) is 0 Å².